The van der Waals surface area contributed by atoms with Gasteiger partial charge in [0.25, 0.3) is 5.91 Å². The molecule has 0 aliphatic carbocycles. The van der Waals surface area contributed by atoms with Crippen molar-refractivity contribution in [1.82, 2.24) is 5.32 Å². The molecule has 1 N–H and O–H groups in total. The monoisotopic (exact) mass is 313 g/mol. The molecule has 0 heterocycles. The molecule has 2 rings (SSSR count). The van der Waals surface area contributed by atoms with E-state index in [4.69, 9.17) is 9.47 Å². The predicted molar refractivity (Wildman–Crippen MR) is 91.4 cm³/mol. The van der Waals surface area contributed by atoms with Crippen LogP contribution in [-0.2, 0) is 0 Å². The lowest BCUT2D eigenvalue weighted by atomic mass is 10.0. The molecule has 4 nitrogen and oxygen atoms in total. The second kappa shape index (κ2) is 8.22. The van der Waals surface area contributed by atoms with Crippen LogP contribution in [0.4, 0.5) is 0 Å². The second-order valence-electron chi connectivity index (χ2n) is 5.53. The molecule has 0 saturated carbocycles. The van der Waals surface area contributed by atoms with Crippen molar-refractivity contribution < 1.29 is 14.3 Å². The molecule has 0 fully saturated rings. The molecule has 0 unspecified atom stereocenters. The molecule has 0 aliphatic heterocycles. The molecule has 0 aromatic heterocycles. The summed E-state index contributed by atoms with van der Waals surface area (Å²) in [7, 11) is 1.60. The molecular formula is C19H23NO3. The van der Waals surface area contributed by atoms with Crippen molar-refractivity contribution in [2.75, 3.05) is 20.3 Å². The minimum atomic E-state index is -0.117. The zero-order chi connectivity index (χ0) is 16.7. The van der Waals surface area contributed by atoms with Crippen LogP contribution in [-0.4, -0.2) is 26.2 Å². The zero-order valence-corrected chi connectivity index (χ0v) is 13.8. The smallest absolute Gasteiger partial charge is 0.251 e. The van der Waals surface area contributed by atoms with E-state index >= 15 is 0 Å². The van der Waals surface area contributed by atoms with E-state index in [1.807, 2.05) is 18.2 Å². The summed E-state index contributed by atoms with van der Waals surface area (Å²) in [6.07, 6.45) is 0. The lowest BCUT2D eigenvalue weighted by Gasteiger charge is -2.14. The summed E-state index contributed by atoms with van der Waals surface area (Å²) in [6.45, 7) is 5.16. The van der Waals surface area contributed by atoms with Gasteiger partial charge in [-0.2, -0.15) is 0 Å². The van der Waals surface area contributed by atoms with Crippen molar-refractivity contribution in [2.24, 2.45) is 0 Å². The van der Waals surface area contributed by atoms with E-state index in [0.717, 1.165) is 11.5 Å². The topological polar surface area (TPSA) is 47.6 Å². The highest BCUT2D eigenvalue weighted by Gasteiger charge is 2.08. The van der Waals surface area contributed by atoms with Crippen LogP contribution in [0.3, 0.4) is 0 Å². The highest BCUT2D eigenvalue weighted by Crippen LogP contribution is 2.25. The van der Waals surface area contributed by atoms with Crippen LogP contribution < -0.4 is 14.8 Å². The molecule has 0 radical (unpaired) electrons. The Morgan fingerprint density at radius 1 is 1.09 bits per heavy atom. The molecule has 0 bridgehead atoms. The third-order valence-electron chi connectivity index (χ3n) is 3.54. The number of hydrogen-bond acceptors (Lipinski definition) is 3. The van der Waals surface area contributed by atoms with E-state index in [-0.39, 0.29) is 5.91 Å². The van der Waals surface area contributed by atoms with Crippen molar-refractivity contribution in [2.45, 2.75) is 19.8 Å². The number of nitrogens with one attached hydrogen (secondary N) is 1. The standard InChI is InChI=1S/C19H23NO3/c1-14(2)17-6-4-5-7-18(17)23-13-12-20-19(21)15-8-10-16(22-3)11-9-15/h4-11,14H,12-13H2,1-3H3,(H,20,21). The van der Waals surface area contributed by atoms with Crippen LogP contribution in [0.15, 0.2) is 48.5 Å². The van der Waals surface area contributed by atoms with Gasteiger partial charge < -0.3 is 14.8 Å². The van der Waals surface area contributed by atoms with E-state index < -0.39 is 0 Å². The highest BCUT2D eigenvalue weighted by atomic mass is 16.5. The summed E-state index contributed by atoms with van der Waals surface area (Å²) in [5, 5.41) is 2.85. The lowest BCUT2D eigenvalue weighted by molar-refractivity contribution is 0.0947. The maximum Gasteiger partial charge on any atom is 0.251 e. The fraction of sp³-hybridized carbons (Fsp3) is 0.316. The van der Waals surface area contributed by atoms with Gasteiger partial charge in [0.1, 0.15) is 18.1 Å². The normalized spacial score (nSPS) is 10.4. The number of amides is 1. The van der Waals surface area contributed by atoms with Gasteiger partial charge >= 0.3 is 0 Å². The highest BCUT2D eigenvalue weighted by molar-refractivity contribution is 5.94. The van der Waals surface area contributed by atoms with Gasteiger partial charge in [-0.15, -0.1) is 0 Å². The molecule has 122 valence electrons. The minimum Gasteiger partial charge on any atom is -0.497 e. The van der Waals surface area contributed by atoms with Crippen LogP contribution in [0.5, 0.6) is 11.5 Å². The summed E-state index contributed by atoms with van der Waals surface area (Å²) >= 11 is 0. The minimum absolute atomic E-state index is 0.117. The first-order valence-corrected chi connectivity index (χ1v) is 7.75. The summed E-state index contributed by atoms with van der Waals surface area (Å²) < 4.78 is 10.9. The zero-order valence-electron chi connectivity index (χ0n) is 13.8. The van der Waals surface area contributed by atoms with E-state index in [9.17, 15) is 4.79 Å². The van der Waals surface area contributed by atoms with Gasteiger partial charge in [0.2, 0.25) is 0 Å². The first-order valence-electron chi connectivity index (χ1n) is 7.75. The number of methoxy groups -OCH3 is 1. The summed E-state index contributed by atoms with van der Waals surface area (Å²) in [6, 6.07) is 15.0. The lowest BCUT2D eigenvalue weighted by Crippen LogP contribution is -2.28. The Hall–Kier alpha value is -2.49. The molecule has 1 amide bonds. The van der Waals surface area contributed by atoms with E-state index in [1.54, 1.807) is 31.4 Å². The van der Waals surface area contributed by atoms with E-state index in [0.29, 0.717) is 24.6 Å². The van der Waals surface area contributed by atoms with Gasteiger partial charge in [0.15, 0.2) is 0 Å². The molecule has 0 aliphatic rings. The van der Waals surface area contributed by atoms with Crippen LogP contribution in [0.25, 0.3) is 0 Å². The Bertz CT molecular complexity index is 635. The number of para-hydroxylation sites is 1. The average molecular weight is 313 g/mol. The number of ether oxygens (including phenoxy) is 2. The number of carbonyl (C=O) groups is 1. The number of carbonyl (C=O) groups excluding carboxylic acids is 1. The molecular weight excluding hydrogens is 290 g/mol. The Morgan fingerprint density at radius 3 is 2.43 bits per heavy atom. The Morgan fingerprint density at radius 2 is 1.78 bits per heavy atom. The first kappa shape index (κ1) is 16.9. The third-order valence-corrected chi connectivity index (χ3v) is 3.54. The van der Waals surface area contributed by atoms with Crippen molar-refractivity contribution in [1.29, 1.82) is 0 Å². The molecule has 2 aromatic rings. The van der Waals surface area contributed by atoms with E-state index in [1.165, 1.54) is 5.56 Å². The fourth-order valence-corrected chi connectivity index (χ4v) is 2.26. The summed E-state index contributed by atoms with van der Waals surface area (Å²) in [4.78, 5) is 12.0. The second-order valence-corrected chi connectivity index (χ2v) is 5.53. The first-order chi connectivity index (χ1) is 11.1. The summed E-state index contributed by atoms with van der Waals surface area (Å²) in [5.74, 6) is 1.89. The Labute approximate surface area is 137 Å². The quantitative estimate of drug-likeness (QED) is 0.794. The molecule has 0 saturated heterocycles. The van der Waals surface area contributed by atoms with Gasteiger partial charge in [-0.05, 0) is 41.8 Å². The van der Waals surface area contributed by atoms with Crippen LogP contribution >= 0.6 is 0 Å². The van der Waals surface area contributed by atoms with Gasteiger partial charge in [-0.3, -0.25) is 4.79 Å². The molecule has 0 spiro atoms. The Kier molecular flexibility index (Phi) is 6.03. The van der Waals surface area contributed by atoms with Gasteiger partial charge in [0.05, 0.1) is 13.7 Å². The van der Waals surface area contributed by atoms with Crippen molar-refractivity contribution in [3.05, 3.63) is 59.7 Å². The van der Waals surface area contributed by atoms with Crippen molar-refractivity contribution in [3.63, 3.8) is 0 Å². The van der Waals surface area contributed by atoms with E-state index in [2.05, 4.69) is 25.2 Å². The maximum atomic E-state index is 12.0. The largest absolute Gasteiger partial charge is 0.497 e. The van der Waals surface area contributed by atoms with Crippen molar-refractivity contribution >= 4 is 5.91 Å². The fourth-order valence-electron chi connectivity index (χ4n) is 2.26. The van der Waals surface area contributed by atoms with Crippen molar-refractivity contribution in [3.8, 4) is 11.5 Å². The van der Waals surface area contributed by atoms with Gasteiger partial charge in [-0.25, -0.2) is 0 Å². The predicted octanol–water partition coefficient (Wildman–Crippen LogP) is 3.63. The van der Waals surface area contributed by atoms with Gasteiger partial charge in [0, 0.05) is 5.56 Å². The van der Waals surface area contributed by atoms with Crippen LogP contribution in [0, 0.1) is 0 Å². The number of hydrogen-bond donors (Lipinski definition) is 1. The van der Waals surface area contributed by atoms with Crippen LogP contribution in [0.2, 0.25) is 0 Å². The molecule has 2 aromatic carbocycles. The molecule has 23 heavy (non-hydrogen) atoms. The SMILES string of the molecule is COc1ccc(C(=O)NCCOc2ccccc2C(C)C)cc1. The van der Waals surface area contributed by atoms with Crippen LogP contribution in [0.1, 0.15) is 35.7 Å². The number of rotatable bonds is 7. The Balaban J connectivity index is 1.82. The van der Waals surface area contributed by atoms with Gasteiger partial charge in [-0.1, -0.05) is 32.0 Å². The average Bonchev–Trinajstić information content (AvgIpc) is 2.58. The maximum absolute atomic E-state index is 12.0. The summed E-state index contributed by atoms with van der Waals surface area (Å²) in [5.41, 5.74) is 1.78. The number of benzene rings is 2. The molecule has 4 heteroatoms. The molecule has 0 atom stereocenters. The third kappa shape index (κ3) is 4.74.